The predicted molar refractivity (Wildman–Crippen MR) is 26.2 cm³/mol. The molecule has 3 nitrogen and oxygen atoms in total. The molecule has 4 heteroatoms. The van der Waals surface area contributed by atoms with E-state index < -0.39 is 11.2 Å². The Morgan fingerprint density at radius 3 is 2.33 bits per heavy atom. The molecule has 0 bridgehead atoms. The van der Waals surface area contributed by atoms with Crippen LogP contribution in [-0.2, 0) is 15.3 Å². The minimum Gasteiger partial charge on any atom is -0.298 e. The molecule has 1 unspecified atom stereocenters. The summed E-state index contributed by atoms with van der Waals surface area (Å²) in [5.74, 6) is 0. The van der Waals surface area contributed by atoms with Crippen LogP contribution in [0.2, 0.25) is 0 Å². The topological polar surface area (TPSA) is 45.1 Å². The van der Waals surface area contributed by atoms with E-state index in [-0.39, 0.29) is 0 Å². The summed E-state index contributed by atoms with van der Waals surface area (Å²) in [7, 11) is 3.17. The van der Waals surface area contributed by atoms with Gasteiger partial charge in [-0.05, 0) is 7.05 Å². The first-order valence-electron chi connectivity index (χ1n) is 1.48. The average molecular weight is 108 g/mol. The van der Waals surface area contributed by atoms with Gasteiger partial charge in [-0.2, -0.15) is 0 Å². The van der Waals surface area contributed by atoms with Gasteiger partial charge in [0.1, 0.15) is 11.2 Å². The van der Waals surface area contributed by atoms with Gasteiger partial charge in [-0.15, -0.1) is 0 Å². The number of hydrogen-bond acceptors (Lipinski definition) is 2. The molecular weight excluding hydrogens is 100 g/mol. The Morgan fingerprint density at radius 1 is 1.83 bits per heavy atom. The number of nitrogens with one attached hydrogen (secondary N) is 2. The van der Waals surface area contributed by atoms with Crippen molar-refractivity contribution in [3.63, 3.8) is 0 Å². The first-order valence-corrected chi connectivity index (χ1v) is 2.63. The van der Waals surface area contributed by atoms with Crippen LogP contribution in [0.1, 0.15) is 0 Å². The van der Waals surface area contributed by atoms with Gasteiger partial charge in [0.25, 0.3) is 0 Å². The second kappa shape index (κ2) is 3.27. The summed E-state index contributed by atoms with van der Waals surface area (Å²) in [4.78, 5) is 0. The highest BCUT2D eigenvalue weighted by Crippen LogP contribution is 1.68. The zero-order chi connectivity index (χ0) is 4.99. The molecular formula is C2H8N2OS. The number of hydrogen-bond donors (Lipinski definition) is 2. The monoisotopic (exact) mass is 108 g/mol. The SMILES string of the molecule is CNS(=N)OC. The summed E-state index contributed by atoms with van der Waals surface area (Å²) in [5.41, 5.74) is 0. The molecule has 0 aliphatic rings. The molecule has 38 valence electrons. The summed E-state index contributed by atoms with van der Waals surface area (Å²) in [6.45, 7) is 0. The third-order valence-electron chi connectivity index (χ3n) is 0.352. The fourth-order valence-electron chi connectivity index (χ4n) is 0.0833. The van der Waals surface area contributed by atoms with Crippen LogP contribution in [0, 0.1) is 4.78 Å². The van der Waals surface area contributed by atoms with Gasteiger partial charge in [0.15, 0.2) is 0 Å². The van der Waals surface area contributed by atoms with Gasteiger partial charge in [-0.25, -0.2) is 9.50 Å². The Hall–Kier alpha value is 0.0700. The van der Waals surface area contributed by atoms with E-state index in [0.29, 0.717) is 0 Å². The fraction of sp³-hybridized carbons (Fsp3) is 1.00. The van der Waals surface area contributed by atoms with Crippen LogP contribution in [0.15, 0.2) is 0 Å². The lowest BCUT2D eigenvalue weighted by Crippen LogP contribution is -2.09. The van der Waals surface area contributed by atoms with Gasteiger partial charge in [-0.3, -0.25) is 4.18 Å². The van der Waals surface area contributed by atoms with Crippen molar-refractivity contribution in [2.24, 2.45) is 0 Å². The Balaban J connectivity index is 2.99. The molecule has 0 aliphatic carbocycles. The first-order chi connectivity index (χ1) is 2.81. The Labute approximate surface area is 39.9 Å². The van der Waals surface area contributed by atoms with E-state index in [1.807, 2.05) is 0 Å². The molecule has 0 aromatic carbocycles. The number of rotatable bonds is 2. The standard InChI is InChI=1S/C2H8N2OS/c1-4-6(3)5-2/h1-2H3,(H2,3,4). The second-order valence-electron chi connectivity index (χ2n) is 0.640. The average Bonchev–Trinajstić information content (AvgIpc) is 1.65. The van der Waals surface area contributed by atoms with Crippen molar-refractivity contribution < 1.29 is 4.18 Å². The molecule has 0 aliphatic heterocycles. The minimum absolute atomic E-state index is 0.784. The smallest absolute Gasteiger partial charge is 0.103 e. The van der Waals surface area contributed by atoms with E-state index in [9.17, 15) is 0 Å². The molecule has 0 saturated carbocycles. The first kappa shape index (κ1) is 6.07. The van der Waals surface area contributed by atoms with Crippen molar-refractivity contribution >= 4 is 11.2 Å². The van der Waals surface area contributed by atoms with Crippen LogP contribution in [0.25, 0.3) is 0 Å². The van der Waals surface area contributed by atoms with Gasteiger partial charge in [0.05, 0.1) is 7.11 Å². The Kier molecular flexibility index (Phi) is 3.31. The molecule has 0 heterocycles. The van der Waals surface area contributed by atoms with E-state index in [0.717, 1.165) is 0 Å². The lowest BCUT2D eigenvalue weighted by molar-refractivity contribution is 0.472. The van der Waals surface area contributed by atoms with Crippen molar-refractivity contribution in [3.8, 4) is 0 Å². The summed E-state index contributed by atoms with van der Waals surface area (Å²) in [5, 5.41) is 0. The van der Waals surface area contributed by atoms with Gasteiger partial charge >= 0.3 is 0 Å². The maximum Gasteiger partial charge on any atom is 0.103 e. The lowest BCUT2D eigenvalue weighted by Gasteiger charge is -1.93. The van der Waals surface area contributed by atoms with E-state index in [2.05, 4.69) is 8.91 Å². The third-order valence-corrected chi connectivity index (χ3v) is 1.06. The molecule has 1 atom stereocenters. The van der Waals surface area contributed by atoms with Crippen LogP contribution in [0.3, 0.4) is 0 Å². The highest BCUT2D eigenvalue weighted by atomic mass is 32.2. The van der Waals surface area contributed by atoms with Gasteiger partial charge < -0.3 is 0 Å². The van der Waals surface area contributed by atoms with E-state index in [1.54, 1.807) is 7.05 Å². The minimum atomic E-state index is -0.784. The summed E-state index contributed by atoms with van der Waals surface area (Å²) in [6, 6.07) is 0. The highest BCUT2D eigenvalue weighted by Gasteiger charge is 1.75. The molecule has 6 heavy (non-hydrogen) atoms. The molecule has 0 fully saturated rings. The summed E-state index contributed by atoms with van der Waals surface area (Å²) in [6.07, 6.45) is 0. The van der Waals surface area contributed by atoms with Crippen LogP contribution in [0.4, 0.5) is 0 Å². The van der Waals surface area contributed by atoms with Crippen LogP contribution >= 0.6 is 0 Å². The molecule has 0 radical (unpaired) electrons. The Bertz CT molecular complexity index is 49.5. The normalized spacial score (nSPS) is 14.3. The van der Waals surface area contributed by atoms with Gasteiger partial charge in [0.2, 0.25) is 0 Å². The summed E-state index contributed by atoms with van der Waals surface area (Å²) < 4.78 is 13.8. The Morgan fingerprint density at radius 2 is 2.33 bits per heavy atom. The molecule has 0 rings (SSSR count). The third kappa shape index (κ3) is 2.32. The molecule has 0 spiro atoms. The predicted octanol–water partition coefficient (Wildman–Crippen LogP) is 0.0629. The van der Waals surface area contributed by atoms with Crippen LogP contribution in [-0.4, -0.2) is 14.2 Å². The maximum absolute atomic E-state index is 6.76. The molecule has 0 saturated heterocycles. The maximum atomic E-state index is 6.76. The van der Waals surface area contributed by atoms with Crippen LogP contribution in [0.5, 0.6) is 0 Å². The van der Waals surface area contributed by atoms with Gasteiger partial charge in [0, 0.05) is 0 Å². The zero-order valence-electron chi connectivity index (χ0n) is 3.82. The van der Waals surface area contributed by atoms with Crippen molar-refractivity contribution in [1.29, 1.82) is 4.78 Å². The molecule has 0 aromatic rings. The van der Waals surface area contributed by atoms with Crippen molar-refractivity contribution in [2.75, 3.05) is 14.2 Å². The zero-order valence-corrected chi connectivity index (χ0v) is 4.63. The van der Waals surface area contributed by atoms with Crippen molar-refractivity contribution in [2.45, 2.75) is 0 Å². The second-order valence-corrected chi connectivity index (χ2v) is 1.92. The molecule has 0 aromatic heterocycles. The quantitative estimate of drug-likeness (QED) is 0.525. The van der Waals surface area contributed by atoms with E-state index >= 15 is 0 Å². The lowest BCUT2D eigenvalue weighted by atomic mass is 11.6. The van der Waals surface area contributed by atoms with Crippen molar-refractivity contribution in [1.82, 2.24) is 4.72 Å². The van der Waals surface area contributed by atoms with E-state index in [1.165, 1.54) is 7.11 Å². The highest BCUT2D eigenvalue weighted by molar-refractivity contribution is 7.79. The van der Waals surface area contributed by atoms with Gasteiger partial charge in [-0.1, -0.05) is 0 Å². The van der Waals surface area contributed by atoms with Crippen LogP contribution < -0.4 is 4.72 Å². The van der Waals surface area contributed by atoms with Crippen molar-refractivity contribution in [3.05, 3.63) is 0 Å². The summed E-state index contributed by atoms with van der Waals surface area (Å²) >= 11 is -0.784. The molecule has 2 N–H and O–H groups in total. The van der Waals surface area contributed by atoms with E-state index in [4.69, 9.17) is 4.78 Å². The molecule has 0 amide bonds. The largest absolute Gasteiger partial charge is 0.298 e. The fourth-order valence-corrected chi connectivity index (χ4v) is 0.250.